The lowest BCUT2D eigenvalue weighted by molar-refractivity contribution is -0.135. The van der Waals surface area contributed by atoms with Gasteiger partial charge in [-0.15, -0.1) is 0 Å². The van der Waals surface area contributed by atoms with Crippen molar-refractivity contribution in [3.63, 3.8) is 0 Å². The molecular weight excluding hydrogens is 395 g/mol. The summed E-state index contributed by atoms with van der Waals surface area (Å²) in [5, 5.41) is 18.8. The molecule has 2 aromatic rings. The number of hydrogen-bond donors (Lipinski definition) is 3. The Morgan fingerprint density at radius 1 is 1.23 bits per heavy atom. The molecule has 1 aliphatic rings. The van der Waals surface area contributed by atoms with Gasteiger partial charge in [0, 0.05) is 44.3 Å². The Morgan fingerprint density at radius 3 is 2.40 bits per heavy atom. The number of pyridine rings is 1. The monoisotopic (exact) mass is 420 g/mol. The van der Waals surface area contributed by atoms with Gasteiger partial charge in [-0.3, -0.25) is 9.59 Å². The number of nitrogens with two attached hydrogens (primary N) is 1. The molecule has 0 aliphatic carbocycles. The number of carbonyl (C=O) groups is 2. The number of benzene rings is 1. The van der Waals surface area contributed by atoms with Crippen molar-refractivity contribution in [2.45, 2.75) is 32.5 Å². The van der Waals surface area contributed by atoms with Gasteiger partial charge in [0.15, 0.2) is 0 Å². The first-order valence-corrected chi connectivity index (χ1v) is 9.73. The highest BCUT2D eigenvalue weighted by molar-refractivity contribution is 5.93. The molecule has 0 saturated carbocycles. The first-order chi connectivity index (χ1) is 14.1. The lowest BCUT2D eigenvalue weighted by atomic mass is 10.1. The van der Waals surface area contributed by atoms with Crippen LogP contribution >= 0.6 is 0 Å². The van der Waals surface area contributed by atoms with Gasteiger partial charge in [0.1, 0.15) is 17.4 Å². The molecule has 10 heteroatoms. The fourth-order valence-corrected chi connectivity index (χ4v) is 3.64. The van der Waals surface area contributed by atoms with Crippen LogP contribution < -0.4 is 16.1 Å². The van der Waals surface area contributed by atoms with E-state index in [9.17, 15) is 29.0 Å². The predicted octanol–water partition coefficient (Wildman–Crippen LogP) is 0.215. The summed E-state index contributed by atoms with van der Waals surface area (Å²) in [4.78, 5) is 39.4. The van der Waals surface area contributed by atoms with Gasteiger partial charge in [-0.2, -0.15) is 0 Å². The first kappa shape index (κ1) is 21.7. The van der Waals surface area contributed by atoms with Crippen molar-refractivity contribution in [2.24, 2.45) is 5.73 Å². The minimum absolute atomic E-state index is 0.00900. The summed E-state index contributed by atoms with van der Waals surface area (Å²) in [5.74, 6) is -2.35. The second-order valence-corrected chi connectivity index (χ2v) is 7.36. The molecule has 1 amide bonds. The molecule has 9 nitrogen and oxygen atoms in total. The number of halogens is 1. The van der Waals surface area contributed by atoms with E-state index in [0.29, 0.717) is 38.2 Å². The van der Waals surface area contributed by atoms with Gasteiger partial charge in [-0.05, 0) is 26.0 Å². The number of hydrogen-bond acceptors (Lipinski definition) is 6. The lowest BCUT2D eigenvalue weighted by Crippen LogP contribution is -2.55. The molecule has 1 fully saturated rings. The van der Waals surface area contributed by atoms with E-state index in [0.717, 1.165) is 6.07 Å². The van der Waals surface area contributed by atoms with Crippen LogP contribution in [0, 0.1) is 5.82 Å². The fraction of sp³-hybridized carbons (Fsp3) is 0.450. The van der Waals surface area contributed by atoms with Gasteiger partial charge in [0.25, 0.3) is 0 Å². The highest BCUT2D eigenvalue weighted by Crippen LogP contribution is 2.26. The highest BCUT2D eigenvalue weighted by atomic mass is 19.1. The Labute approximate surface area is 172 Å². The molecule has 1 saturated heterocycles. The zero-order valence-corrected chi connectivity index (χ0v) is 16.8. The van der Waals surface area contributed by atoms with Gasteiger partial charge in [0.2, 0.25) is 11.3 Å². The average Bonchev–Trinajstić information content (AvgIpc) is 2.72. The van der Waals surface area contributed by atoms with Crippen LogP contribution in [0.1, 0.15) is 24.2 Å². The quantitative estimate of drug-likeness (QED) is 0.631. The molecule has 2 heterocycles. The van der Waals surface area contributed by atoms with Gasteiger partial charge >= 0.3 is 5.97 Å². The number of fused-ring (bicyclic) bond motifs is 1. The summed E-state index contributed by atoms with van der Waals surface area (Å²) >= 11 is 0. The van der Waals surface area contributed by atoms with E-state index in [1.54, 1.807) is 22.5 Å². The topological polar surface area (TPSA) is 129 Å². The van der Waals surface area contributed by atoms with Gasteiger partial charge in [-0.1, -0.05) is 0 Å². The van der Waals surface area contributed by atoms with Crippen LogP contribution in [0.3, 0.4) is 0 Å². The molecule has 1 aliphatic heterocycles. The van der Waals surface area contributed by atoms with Crippen LogP contribution in [0.5, 0.6) is 0 Å². The van der Waals surface area contributed by atoms with E-state index in [4.69, 9.17) is 5.73 Å². The number of aliphatic hydroxyl groups excluding tert-OH is 1. The lowest BCUT2D eigenvalue weighted by Gasteiger charge is -2.37. The molecule has 0 spiro atoms. The summed E-state index contributed by atoms with van der Waals surface area (Å²) in [6.45, 7) is 4.99. The Bertz CT molecular complexity index is 1040. The minimum Gasteiger partial charge on any atom is -0.477 e. The molecule has 0 radical (unpaired) electrons. The number of aliphatic hydroxyl groups is 1. The zero-order valence-electron chi connectivity index (χ0n) is 16.8. The maximum Gasteiger partial charge on any atom is 0.341 e. The number of nitrogens with zero attached hydrogens (tertiary/aromatic N) is 3. The summed E-state index contributed by atoms with van der Waals surface area (Å²) in [6, 6.07) is 1.61. The van der Waals surface area contributed by atoms with E-state index >= 15 is 0 Å². The molecule has 2 atom stereocenters. The van der Waals surface area contributed by atoms with E-state index in [2.05, 4.69) is 0 Å². The second-order valence-electron chi connectivity index (χ2n) is 7.36. The Balaban J connectivity index is 1.92. The van der Waals surface area contributed by atoms with Crippen LogP contribution in [0.15, 0.2) is 23.1 Å². The Morgan fingerprint density at radius 2 is 1.87 bits per heavy atom. The number of aromatic carboxylic acids is 1. The van der Waals surface area contributed by atoms with E-state index in [1.807, 2.05) is 0 Å². The summed E-state index contributed by atoms with van der Waals surface area (Å²) in [7, 11) is 0. The van der Waals surface area contributed by atoms with Crippen molar-refractivity contribution in [3.05, 3.63) is 39.9 Å². The average molecular weight is 420 g/mol. The van der Waals surface area contributed by atoms with Crippen LogP contribution in [-0.2, 0) is 11.3 Å². The summed E-state index contributed by atoms with van der Waals surface area (Å²) in [6.07, 6.45) is 0.304. The third-order valence-corrected chi connectivity index (χ3v) is 5.46. The van der Waals surface area contributed by atoms with Crippen molar-refractivity contribution in [2.75, 3.05) is 31.1 Å². The number of carboxylic acid groups (broad SMARTS) is 1. The number of piperazine rings is 1. The van der Waals surface area contributed by atoms with Gasteiger partial charge in [0.05, 0.1) is 17.3 Å². The molecule has 2 unspecified atom stereocenters. The number of carbonyl (C=O) groups excluding carboxylic acids is 1. The number of aromatic nitrogens is 1. The third-order valence-electron chi connectivity index (χ3n) is 5.46. The number of amides is 1. The predicted molar refractivity (Wildman–Crippen MR) is 109 cm³/mol. The van der Waals surface area contributed by atoms with Crippen LogP contribution in [0.4, 0.5) is 10.1 Å². The zero-order chi connectivity index (χ0) is 22.2. The highest BCUT2D eigenvalue weighted by Gasteiger charge is 2.29. The van der Waals surface area contributed by atoms with Gasteiger partial charge in [-0.25, -0.2) is 9.18 Å². The van der Waals surface area contributed by atoms with E-state index in [1.165, 1.54) is 18.0 Å². The number of carboxylic acids is 1. The number of anilines is 1. The van der Waals surface area contributed by atoms with Gasteiger partial charge < -0.3 is 30.3 Å². The first-order valence-electron chi connectivity index (χ1n) is 9.73. The molecule has 30 heavy (non-hydrogen) atoms. The third kappa shape index (κ3) is 3.88. The number of rotatable bonds is 5. The molecule has 162 valence electrons. The molecule has 4 N–H and O–H groups in total. The van der Waals surface area contributed by atoms with Crippen molar-refractivity contribution in [3.8, 4) is 0 Å². The maximum absolute atomic E-state index is 14.9. The van der Waals surface area contributed by atoms with E-state index < -0.39 is 34.9 Å². The smallest absolute Gasteiger partial charge is 0.341 e. The van der Waals surface area contributed by atoms with Crippen molar-refractivity contribution in [1.29, 1.82) is 0 Å². The molecule has 3 rings (SSSR count). The molecular formula is C20H25FN4O5. The number of aryl methyl sites for hydroxylation is 1. The van der Waals surface area contributed by atoms with Crippen LogP contribution in [0.2, 0.25) is 0 Å². The van der Waals surface area contributed by atoms with Crippen LogP contribution in [-0.4, -0.2) is 69.9 Å². The maximum atomic E-state index is 14.9. The fourth-order valence-electron chi connectivity index (χ4n) is 3.64. The second kappa shape index (κ2) is 8.41. The Kier molecular flexibility index (Phi) is 6.09. The summed E-state index contributed by atoms with van der Waals surface area (Å²) < 4.78 is 16.5. The largest absolute Gasteiger partial charge is 0.477 e. The van der Waals surface area contributed by atoms with Crippen molar-refractivity contribution >= 4 is 28.5 Å². The molecule has 1 aromatic heterocycles. The van der Waals surface area contributed by atoms with Crippen molar-refractivity contribution < 1.29 is 24.2 Å². The summed E-state index contributed by atoms with van der Waals surface area (Å²) in [5.41, 5.74) is 5.30. The Hall–Kier alpha value is -2.98. The van der Waals surface area contributed by atoms with Crippen molar-refractivity contribution in [1.82, 2.24) is 9.47 Å². The normalized spacial score (nSPS) is 16.6. The minimum atomic E-state index is -1.36. The SMILES string of the molecule is CCn1cc(C(=O)O)c(=O)c2cc(F)c(N3CCN(C(=O)C(N)C(C)O)CC3)cc21. The standard InChI is InChI=1S/C20H25FN4O5/c1-3-23-10-13(20(29)30)18(27)12-8-14(21)16(9-15(12)23)24-4-6-25(7-5-24)19(28)17(22)11(2)26/h8-11,17,26H,3-7,22H2,1-2H3,(H,29,30). The molecule has 1 aromatic carbocycles. The molecule has 0 bridgehead atoms. The van der Waals surface area contributed by atoms with E-state index in [-0.39, 0.29) is 17.0 Å². The van der Waals surface area contributed by atoms with Crippen LogP contribution in [0.25, 0.3) is 10.9 Å².